The number of hydrogen-bond acceptors (Lipinski definition) is 2. The van der Waals surface area contributed by atoms with Crippen LogP contribution in [0.3, 0.4) is 0 Å². The van der Waals surface area contributed by atoms with Crippen molar-refractivity contribution in [2.45, 2.75) is 26.3 Å². The standard InChI is InChI=1S/C9H18BrNOS/c1-8(2)11(6-5-10)9(12)4-7-13-3/h8H,4-7H2,1-3H3. The van der Waals surface area contributed by atoms with Gasteiger partial charge in [-0.05, 0) is 20.1 Å². The highest BCUT2D eigenvalue weighted by atomic mass is 79.9. The topological polar surface area (TPSA) is 20.3 Å². The highest BCUT2D eigenvalue weighted by molar-refractivity contribution is 9.09. The summed E-state index contributed by atoms with van der Waals surface area (Å²) >= 11 is 5.07. The lowest BCUT2D eigenvalue weighted by Gasteiger charge is -2.25. The van der Waals surface area contributed by atoms with Crippen LogP contribution < -0.4 is 0 Å². The predicted octanol–water partition coefficient (Wildman–Crippen LogP) is 2.37. The van der Waals surface area contributed by atoms with Crippen LogP contribution in [0, 0.1) is 0 Å². The van der Waals surface area contributed by atoms with E-state index in [4.69, 9.17) is 0 Å². The number of halogens is 1. The predicted molar refractivity (Wildman–Crippen MR) is 63.6 cm³/mol. The van der Waals surface area contributed by atoms with Crippen molar-refractivity contribution in [2.24, 2.45) is 0 Å². The first kappa shape index (κ1) is 13.3. The van der Waals surface area contributed by atoms with Crippen LogP contribution in [0.5, 0.6) is 0 Å². The van der Waals surface area contributed by atoms with Gasteiger partial charge in [0.05, 0.1) is 0 Å². The highest BCUT2D eigenvalue weighted by Gasteiger charge is 2.14. The van der Waals surface area contributed by atoms with Gasteiger partial charge in [0, 0.05) is 30.1 Å². The average Bonchev–Trinajstić information content (AvgIpc) is 2.09. The molecule has 0 rings (SSSR count). The summed E-state index contributed by atoms with van der Waals surface area (Å²) in [5, 5.41) is 0.857. The number of carbonyl (C=O) groups is 1. The van der Waals surface area contributed by atoms with Crippen LogP contribution in [-0.4, -0.2) is 40.7 Å². The summed E-state index contributed by atoms with van der Waals surface area (Å²) in [6.07, 6.45) is 2.68. The molecule has 0 aromatic carbocycles. The van der Waals surface area contributed by atoms with E-state index in [1.54, 1.807) is 11.8 Å². The van der Waals surface area contributed by atoms with E-state index in [9.17, 15) is 4.79 Å². The van der Waals surface area contributed by atoms with E-state index < -0.39 is 0 Å². The van der Waals surface area contributed by atoms with Gasteiger partial charge in [-0.2, -0.15) is 11.8 Å². The summed E-state index contributed by atoms with van der Waals surface area (Å²) in [6.45, 7) is 4.92. The first-order valence-corrected chi connectivity index (χ1v) is 6.99. The van der Waals surface area contributed by atoms with Crippen molar-refractivity contribution in [1.29, 1.82) is 0 Å². The Labute approximate surface area is 93.6 Å². The smallest absolute Gasteiger partial charge is 0.223 e. The van der Waals surface area contributed by atoms with Crippen LogP contribution >= 0.6 is 27.7 Å². The van der Waals surface area contributed by atoms with Crippen molar-refractivity contribution in [2.75, 3.05) is 23.9 Å². The molecule has 0 aromatic heterocycles. The Morgan fingerprint density at radius 2 is 2.15 bits per heavy atom. The largest absolute Gasteiger partial charge is 0.339 e. The van der Waals surface area contributed by atoms with Crippen molar-refractivity contribution in [3.63, 3.8) is 0 Å². The van der Waals surface area contributed by atoms with E-state index in [0.717, 1.165) is 17.6 Å². The first-order chi connectivity index (χ1) is 6.13. The quantitative estimate of drug-likeness (QED) is 0.689. The normalized spacial score (nSPS) is 10.5. The van der Waals surface area contributed by atoms with Gasteiger partial charge in [0.1, 0.15) is 0 Å². The fraction of sp³-hybridized carbons (Fsp3) is 0.889. The molecular formula is C9H18BrNOS. The summed E-state index contributed by atoms with van der Waals surface area (Å²) in [7, 11) is 0. The van der Waals surface area contributed by atoms with Crippen LogP contribution in [0.2, 0.25) is 0 Å². The lowest BCUT2D eigenvalue weighted by molar-refractivity contribution is -0.132. The molecule has 0 unspecified atom stereocenters. The molecule has 0 saturated heterocycles. The van der Waals surface area contributed by atoms with E-state index in [2.05, 4.69) is 29.8 Å². The van der Waals surface area contributed by atoms with Crippen LogP contribution in [-0.2, 0) is 4.79 Å². The zero-order valence-corrected chi connectivity index (χ0v) is 10.9. The van der Waals surface area contributed by atoms with Crippen molar-refractivity contribution in [3.8, 4) is 0 Å². The maximum Gasteiger partial charge on any atom is 0.223 e. The molecule has 0 fully saturated rings. The molecular weight excluding hydrogens is 250 g/mol. The average molecular weight is 268 g/mol. The molecule has 0 N–H and O–H groups in total. The van der Waals surface area contributed by atoms with Crippen LogP contribution in [0.1, 0.15) is 20.3 Å². The fourth-order valence-corrected chi connectivity index (χ4v) is 1.86. The number of nitrogens with zero attached hydrogens (tertiary/aromatic N) is 1. The van der Waals surface area contributed by atoms with Gasteiger partial charge in [-0.3, -0.25) is 4.79 Å². The third-order valence-electron chi connectivity index (χ3n) is 1.79. The monoisotopic (exact) mass is 267 g/mol. The molecule has 0 spiro atoms. The molecule has 0 aromatic rings. The molecule has 0 heterocycles. The summed E-state index contributed by atoms with van der Waals surface area (Å²) in [5.74, 6) is 1.19. The second-order valence-corrected chi connectivity index (χ2v) is 4.89. The minimum Gasteiger partial charge on any atom is -0.339 e. The number of rotatable bonds is 6. The Morgan fingerprint density at radius 3 is 2.54 bits per heavy atom. The van der Waals surface area contributed by atoms with Gasteiger partial charge in [0.2, 0.25) is 5.91 Å². The second-order valence-electron chi connectivity index (χ2n) is 3.11. The van der Waals surface area contributed by atoms with E-state index in [1.165, 1.54) is 0 Å². The zero-order chi connectivity index (χ0) is 10.3. The molecule has 0 aliphatic carbocycles. The van der Waals surface area contributed by atoms with Crippen LogP contribution in [0.15, 0.2) is 0 Å². The van der Waals surface area contributed by atoms with Gasteiger partial charge in [-0.1, -0.05) is 15.9 Å². The molecule has 0 atom stereocenters. The van der Waals surface area contributed by atoms with Crippen molar-refractivity contribution in [3.05, 3.63) is 0 Å². The maximum atomic E-state index is 11.6. The molecule has 2 nitrogen and oxygen atoms in total. The van der Waals surface area contributed by atoms with E-state index in [-0.39, 0.29) is 5.91 Å². The lowest BCUT2D eigenvalue weighted by Crippen LogP contribution is -2.38. The number of carbonyl (C=O) groups excluding carboxylic acids is 1. The fourth-order valence-electron chi connectivity index (χ4n) is 1.09. The number of thioether (sulfide) groups is 1. The first-order valence-electron chi connectivity index (χ1n) is 4.47. The maximum absolute atomic E-state index is 11.6. The van der Waals surface area contributed by atoms with Crippen molar-refractivity contribution in [1.82, 2.24) is 4.90 Å². The van der Waals surface area contributed by atoms with E-state index >= 15 is 0 Å². The number of hydrogen-bond donors (Lipinski definition) is 0. The molecule has 0 radical (unpaired) electrons. The minimum absolute atomic E-state index is 0.267. The Kier molecular flexibility index (Phi) is 7.86. The number of amides is 1. The Morgan fingerprint density at radius 1 is 1.54 bits per heavy atom. The second kappa shape index (κ2) is 7.68. The highest BCUT2D eigenvalue weighted by Crippen LogP contribution is 2.05. The van der Waals surface area contributed by atoms with Crippen molar-refractivity contribution < 1.29 is 4.79 Å². The van der Waals surface area contributed by atoms with Gasteiger partial charge >= 0.3 is 0 Å². The molecule has 4 heteroatoms. The van der Waals surface area contributed by atoms with Crippen molar-refractivity contribution >= 4 is 33.6 Å². The molecule has 1 amide bonds. The van der Waals surface area contributed by atoms with Gasteiger partial charge in [-0.15, -0.1) is 0 Å². The number of alkyl halides is 1. The molecule has 13 heavy (non-hydrogen) atoms. The third-order valence-corrected chi connectivity index (χ3v) is 2.76. The van der Waals surface area contributed by atoms with Gasteiger partial charge < -0.3 is 4.90 Å². The summed E-state index contributed by atoms with van der Waals surface area (Å²) < 4.78 is 0. The summed E-state index contributed by atoms with van der Waals surface area (Å²) in [4.78, 5) is 13.5. The van der Waals surface area contributed by atoms with Crippen LogP contribution in [0.25, 0.3) is 0 Å². The van der Waals surface area contributed by atoms with Gasteiger partial charge in [0.15, 0.2) is 0 Å². The third kappa shape index (κ3) is 5.57. The Bertz CT molecular complexity index is 153. The Balaban J connectivity index is 3.96. The summed E-state index contributed by atoms with van der Waals surface area (Å²) in [5.41, 5.74) is 0. The van der Waals surface area contributed by atoms with E-state index in [0.29, 0.717) is 12.5 Å². The minimum atomic E-state index is 0.267. The molecule has 0 bridgehead atoms. The zero-order valence-electron chi connectivity index (χ0n) is 8.55. The lowest BCUT2D eigenvalue weighted by atomic mass is 10.3. The Hall–Kier alpha value is 0.300. The molecule has 0 aliphatic rings. The van der Waals surface area contributed by atoms with Gasteiger partial charge in [0.25, 0.3) is 0 Å². The molecule has 0 aliphatic heterocycles. The summed E-state index contributed by atoms with van der Waals surface area (Å²) in [6, 6.07) is 0.312. The van der Waals surface area contributed by atoms with E-state index in [1.807, 2.05) is 11.2 Å². The molecule has 0 saturated carbocycles. The van der Waals surface area contributed by atoms with Gasteiger partial charge in [-0.25, -0.2) is 0 Å². The molecule has 78 valence electrons. The SMILES string of the molecule is CSCCC(=O)N(CCBr)C(C)C. The van der Waals surface area contributed by atoms with Crippen LogP contribution in [0.4, 0.5) is 0 Å².